The second-order valence-electron chi connectivity index (χ2n) is 10.7. The Balaban J connectivity index is 1.77. The van der Waals surface area contributed by atoms with E-state index in [1.807, 2.05) is 26.8 Å². The van der Waals surface area contributed by atoms with Crippen molar-refractivity contribution in [2.24, 2.45) is 11.3 Å². The Morgan fingerprint density at radius 2 is 1.54 bits per heavy atom. The summed E-state index contributed by atoms with van der Waals surface area (Å²) in [5.41, 5.74) is 0.617. The van der Waals surface area contributed by atoms with Crippen LogP contribution in [0, 0.1) is 11.3 Å². The lowest BCUT2D eigenvalue weighted by atomic mass is 9.68. The molecule has 0 aromatic heterocycles. The quantitative estimate of drug-likeness (QED) is 0.172. The fraction of sp³-hybridized carbons (Fsp3) is 0.800. The first kappa shape index (κ1) is 30.3. The van der Waals surface area contributed by atoms with Crippen molar-refractivity contribution in [2.75, 3.05) is 13.2 Å². The van der Waals surface area contributed by atoms with Gasteiger partial charge in [0.1, 0.15) is 48.8 Å². The smallest absolute Gasteiger partial charge is 0.187 e. The molecule has 2 fully saturated rings. The van der Waals surface area contributed by atoms with Gasteiger partial charge in [0, 0.05) is 12.3 Å². The van der Waals surface area contributed by atoms with E-state index in [1.54, 1.807) is 19.1 Å². The first-order chi connectivity index (χ1) is 17.3. The first-order valence-corrected chi connectivity index (χ1v) is 12.4. The molecule has 12 atom stereocenters. The normalized spacial score (nSPS) is 43.6. The number of ether oxygens (including phenoxy) is 4. The van der Waals surface area contributed by atoms with Crippen LogP contribution in [-0.4, -0.2) is 122 Å². The minimum absolute atomic E-state index is 0.0257. The molecule has 212 valence electrons. The zero-order chi connectivity index (χ0) is 27.7. The summed E-state index contributed by atoms with van der Waals surface area (Å²) in [6.07, 6.45) is -10.0. The van der Waals surface area contributed by atoms with E-state index in [1.165, 1.54) is 0 Å². The van der Waals surface area contributed by atoms with Gasteiger partial charge in [-0.2, -0.15) is 0 Å². The number of hydrogen-bond acceptors (Lipinski definition) is 12. The van der Waals surface area contributed by atoms with Crippen LogP contribution in [0.2, 0.25) is 0 Å². The van der Waals surface area contributed by atoms with Crippen LogP contribution in [0.3, 0.4) is 0 Å². The standard InChI is InChI=1S/C25H40O12/c1-11-7-13(28)8-25(3,4)14(11)6-5-12(2)34-24-22(20(32)18(30)16(10-27)36-24)37-23-21(33)19(31)17(29)15(9-26)35-23/h5-7,12,14-24,26-27,29-33H,8-10H2,1-4H3. The van der Waals surface area contributed by atoms with Gasteiger partial charge in [-0.3, -0.25) is 4.79 Å². The van der Waals surface area contributed by atoms with Gasteiger partial charge < -0.3 is 54.7 Å². The lowest BCUT2D eigenvalue weighted by molar-refractivity contribution is -0.369. The molecule has 12 heteroatoms. The summed E-state index contributed by atoms with van der Waals surface area (Å²) in [4.78, 5) is 12.0. The molecule has 3 rings (SSSR count). The average molecular weight is 533 g/mol. The van der Waals surface area contributed by atoms with Gasteiger partial charge in [-0.1, -0.05) is 31.6 Å². The maximum Gasteiger partial charge on any atom is 0.187 e. The number of hydrogen-bond donors (Lipinski definition) is 7. The van der Waals surface area contributed by atoms with Crippen LogP contribution in [0.25, 0.3) is 0 Å². The number of rotatable bonds is 8. The summed E-state index contributed by atoms with van der Waals surface area (Å²) < 4.78 is 22.6. The number of carbonyl (C=O) groups is 1. The van der Waals surface area contributed by atoms with E-state index in [0.717, 1.165) is 5.57 Å². The molecule has 1 aliphatic carbocycles. The summed E-state index contributed by atoms with van der Waals surface area (Å²) in [6.45, 7) is 6.29. The van der Waals surface area contributed by atoms with Crippen LogP contribution in [0.5, 0.6) is 0 Å². The highest BCUT2D eigenvalue weighted by atomic mass is 16.8. The van der Waals surface area contributed by atoms with E-state index in [-0.39, 0.29) is 17.1 Å². The zero-order valence-corrected chi connectivity index (χ0v) is 21.5. The predicted molar refractivity (Wildman–Crippen MR) is 127 cm³/mol. The Labute approximate surface area is 215 Å². The summed E-state index contributed by atoms with van der Waals surface area (Å²) in [6, 6.07) is 0. The lowest BCUT2D eigenvalue weighted by Crippen LogP contribution is -2.64. The predicted octanol–water partition coefficient (Wildman–Crippen LogP) is -1.87. The number of aliphatic hydroxyl groups excluding tert-OH is 7. The van der Waals surface area contributed by atoms with E-state index >= 15 is 0 Å². The molecule has 2 heterocycles. The third-order valence-corrected chi connectivity index (χ3v) is 7.24. The number of aliphatic hydroxyl groups is 7. The van der Waals surface area contributed by atoms with E-state index in [0.29, 0.717) is 6.42 Å². The van der Waals surface area contributed by atoms with Gasteiger partial charge in [-0.05, 0) is 25.3 Å². The molecule has 0 bridgehead atoms. The van der Waals surface area contributed by atoms with Gasteiger partial charge >= 0.3 is 0 Å². The van der Waals surface area contributed by atoms with Crippen LogP contribution in [0.15, 0.2) is 23.8 Å². The van der Waals surface area contributed by atoms with Gasteiger partial charge in [-0.25, -0.2) is 0 Å². The number of ketones is 1. The molecule has 0 amide bonds. The van der Waals surface area contributed by atoms with Gasteiger partial charge in [0.2, 0.25) is 0 Å². The SMILES string of the molecule is CC1=CC(=O)CC(C)(C)C1C=CC(C)OC1OC(CO)C(O)C(O)C1OC1OC(CO)C(O)C(O)C1O. The molecule has 2 aliphatic heterocycles. The highest BCUT2D eigenvalue weighted by Gasteiger charge is 2.51. The second kappa shape index (κ2) is 12.3. The maximum atomic E-state index is 12.0. The molecule has 0 spiro atoms. The third-order valence-electron chi connectivity index (χ3n) is 7.24. The number of allylic oxidation sites excluding steroid dienone is 3. The van der Waals surface area contributed by atoms with Crippen LogP contribution in [-0.2, 0) is 23.7 Å². The minimum Gasteiger partial charge on any atom is -0.394 e. The van der Waals surface area contributed by atoms with E-state index in [4.69, 9.17) is 18.9 Å². The van der Waals surface area contributed by atoms with Crippen LogP contribution in [0.1, 0.15) is 34.1 Å². The third kappa shape index (κ3) is 6.65. The Morgan fingerprint density at radius 3 is 2.11 bits per heavy atom. The van der Waals surface area contributed by atoms with Crippen molar-refractivity contribution in [3.05, 3.63) is 23.8 Å². The van der Waals surface area contributed by atoms with Crippen molar-refractivity contribution in [3.63, 3.8) is 0 Å². The van der Waals surface area contributed by atoms with E-state index in [9.17, 15) is 40.5 Å². The molecular formula is C25H40O12. The summed E-state index contributed by atoms with van der Waals surface area (Å²) >= 11 is 0. The van der Waals surface area contributed by atoms with Gasteiger partial charge in [0.05, 0.1) is 19.3 Å². The molecule has 37 heavy (non-hydrogen) atoms. The van der Waals surface area contributed by atoms with Crippen molar-refractivity contribution < 1.29 is 59.5 Å². The minimum atomic E-state index is -1.75. The Morgan fingerprint density at radius 1 is 0.973 bits per heavy atom. The Hall–Kier alpha value is -1.29. The Kier molecular flexibility index (Phi) is 10.0. The molecule has 0 aromatic carbocycles. The van der Waals surface area contributed by atoms with Crippen LogP contribution >= 0.6 is 0 Å². The van der Waals surface area contributed by atoms with Crippen molar-refractivity contribution in [1.82, 2.24) is 0 Å². The molecule has 12 unspecified atom stereocenters. The molecule has 2 saturated heterocycles. The molecule has 0 radical (unpaired) electrons. The van der Waals surface area contributed by atoms with Gasteiger partial charge in [-0.15, -0.1) is 0 Å². The topological polar surface area (TPSA) is 196 Å². The molecular weight excluding hydrogens is 492 g/mol. The molecule has 7 N–H and O–H groups in total. The van der Waals surface area contributed by atoms with E-state index in [2.05, 4.69) is 0 Å². The summed E-state index contributed by atoms with van der Waals surface area (Å²) in [5.74, 6) is 0.0464. The fourth-order valence-corrected chi connectivity index (χ4v) is 5.15. The monoisotopic (exact) mass is 532 g/mol. The molecule has 0 aromatic rings. The highest BCUT2D eigenvalue weighted by Crippen LogP contribution is 2.40. The average Bonchev–Trinajstić information content (AvgIpc) is 2.82. The summed E-state index contributed by atoms with van der Waals surface area (Å²) in [5, 5.41) is 70.6. The second-order valence-corrected chi connectivity index (χ2v) is 10.7. The van der Waals surface area contributed by atoms with E-state index < -0.39 is 80.7 Å². The largest absolute Gasteiger partial charge is 0.394 e. The van der Waals surface area contributed by atoms with Gasteiger partial charge in [0.25, 0.3) is 0 Å². The van der Waals surface area contributed by atoms with Crippen molar-refractivity contribution in [3.8, 4) is 0 Å². The van der Waals surface area contributed by atoms with Crippen molar-refractivity contribution >= 4 is 5.78 Å². The van der Waals surface area contributed by atoms with Crippen LogP contribution < -0.4 is 0 Å². The maximum absolute atomic E-state index is 12.0. The summed E-state index contributed by atoms with van der Waals surface area (Å²) in [7, 11) is 0. The van der Waals surface area contributed by atoms with Gasteiger partial charge in [0.15, 0.2) is 18.4 Å². The molecule has 3 aliphatic rings. The number of carbonyl (C=O) groups excluding carboxylic acids is 1. The fourth-order valence-electron chi connectivity index (χ4n) is 5.15. The molecule has 0 saturated carbocycles. The van der Waals surface area contributed by atoms with Crippen molar-refractivity contribution in [2.45, 2.75) is 102 Å². The van der Waals surface area contributed by atoms with Crippen molar-refractivity contribution in [1.29, 1.82) is 0 Å². The highest BCUT2D eigenvalue weighted by molar-refractivity contribution is 5.92. The lowest BCUT2D eigenvalue weighted by Gasteiger charge is -2.46. The van der Waals surface area contributed by atoms with Crippen LogP contribution in [0.4, 0.5) is 0 Å². The molecule has 12 nitrogen and oxygen atoms in total. The zero-order valence-electron chi connectivity index (χ0n) is 21.5. The Bertz CT molecular complexity index is 842. The first-order valence-electron chi connectivity index (χ1n) is 12.4.